The Hall–Kier alpha value is -2.84. The number of hydrogen-bond donors (Lipinski definition) is 2. The molecule has 0 aromatic heterocycles. The van der Waals surface area contributed by atoms with E-state index in [0.717, 1.165) is 30.3 Å². The van der Waals surface area contributed by atoms with E-state index < -0.39 is 35.6 Å². The zero-order valence-electron chi connectivity index (χ0n) is 13.4. The Morgan fingerprint density at radius 3 is 1.67 bits per heavy atom. The van der Waals surface area contributed by atoms with Crippen LogP contribution in [0.2, 0.25) is 0 Å². The van der Waals surface area contributed by atoms with E-state index in [1.165, 1.54) is 0 Å². The van der Waals surface area contributed by atoms with Crippen molar-refractivity contribution in [3.8, 4) is 0 Å². The smallest absolute Gasteiger partial charge is 0.377 e. The van der Waals surface area contributed by atoms with Crippen molar-refractivity contribution in [3.05, 3.63) is 59.7 Å². The molecular weight excluding hydrogens is 378 g/mol. The second-order valence-electron chi connectivity index (χ2n) is 5.41. The van der Waals surface area contributed by atoms with Gasteiger partial charge in [-0.2, -0.15) is 31.3 Å². The van der Waals surface area contributed by atoms with Crippen molar-refractivity contribution >= 4 is 17.5 Å². The second-order valence-corrected chi connectivity index (χ2v) is 5.41. The van der Waals surface area contributed by atoms with Gasteiger partial charge in [0.1, 0.15) is 6.73 Å². The first-order valence-electron chi connectivity index (χ1n) is 7.35. The van der Waals surface area contributed by atoms with Crippen LogP contribution >= 0.6 is 0 Å². The average Bonchev–Trinajstić information content (AvgIpc) is 2.56. The number of isocyanates is 1. The number of alkyl halides is 6. The maximum atomic E-state index is 13.9. The summed E-state index contributed by atoms with van der Waals surface area (Å²) in [6, 6.07) is 6.37. The van der Waals surface area contributed by atoms with Gasteiger partial charge in [0, 0.05) is 5.69 Å². The molecule has 2 aromatic carbocycles. The molecule has 0 fully saturated rings. The van der Waals surface area contributed by atoms with Gasteiger partial charge < -0.3 is 10.4 Å². The Balaban J connectivity index is 2.76. The van der Waals surface area contributed by atoms with Crippen molar-refractivity contribution in [2.45, 2.75) is 17.8 Å². The van der Waals surface area contributed by atoms with Crippen LogP contribution in [0.1, 0.15) is 11.1 Å². The summed E-state index contributed by atoms with van der Waals surface area (Å²) in [7, 11) is 0. The summed E-state index contributed by atoms with van der Waals surface area (Å²) in [5.74, 6) is 0. The lowest BCUT2D eigenvalue weighted by Gasteiger charge is -2.38. The summed E-state index contributed by atoms with van der Waals surface area (Å²) in [4.78, 5) is 13.4. The summed E-state index contributed by atoms with van der Waals surface area (Å²) in [6.07, 6.45) is -10.3. The number of aliphatic hydroxyl groups excluding tert-OH is 1. The van der Waals surface area contributed by atoms with Gasteiger partial charge in [0.05, 0.1) is 5.69 Å². The van der Waals surface area contributed by atoms with Gasteiger partial charge in [0.2, 0.25) is 11.5 Å². The van der Waals surface area contributed by atoms with Gasteiger partial charge in [-0.25, -0.2) is 4.79 Å². The lowest BCUT2D eigenvalue weighted by atomic mass is 9.73. The molecule has 0 amide bonds. The minimum atomic E-state index is -5.72. The molecule has 0 bridgehead atoms. The number of nitrogens with one attached hydrogen (secondary N) is 1. The van der Waals surface area contributed by atoms with E-state index in [2.05, 4.69) is 10.3 Å². The third-order valence-electron chi connectivity index (χ3n) is 3.93. The highest BCUT2D eigenvalue weighted by molar-refractivity contribution is 5.54. The predicted octanol–water partition coefficient (Wildman–Crippen LogP) is 4.43. The van der Waals surface area contributed by atoms with Crippen LogP contribution in [0.4, 0.5) is 37.7 Å². The molecule has 0 spiro atoms. The number of rotatable bonds is 5. The number of hydrogen-bond acceptors (Lipinski definition) is 4. The number of halogens is 6. The monoisotopic (exact) mass is 390 g/mol. The van der Waals surface area contributed by atoms with Gasteiger partial charge in [0.15, 0.2) is 0 Å². The normalized spacial score (nSPS) is 12.4. The van der Waals surface area contributed by atoms with Crippen molar-refractivity contribution in [3.63, 3.8) is 0 Å². The van der Waals surface area contributed by atoms with Crippen LogP contribution in [0.15, 0.2) is 53.5 Å². The second kappa shape index (κ2) is 7.42. The lowest BCUT2D eigenvalue weighted by Crippen LogP contribution is -2.54. The first-order chi connectivity index (χ1) is 12.6. The highest BCUT2D eigenvalue weighted by Crippen LogP contribution is 2.56. The molecule has 0 aliphatic carbocycles. The first kappa shape index (κ1) is 20.5. The molecule has 0 unspecified atom stereocenters. The molecule has 27 heavy (non-hydrogen) atoms. The van der Waals surface area contributed by atoms with Crippen LogP contribution in [-0.2, 0) is 10.2 Å². The van der Waals surface area contributed by atoms with E-state index in [0.29, 0.717) is 24.3 Å². The van der Waals surface area contributed by atoms with Crippen LogP contribution in [0.5, 0.6) is 0 Å². The predicted molar refractivity (Wildman–Crippen MR) is 84.3 cm³/mol. The van der Waals surface area contributed by atoms with Gasteiger partial charge in [-0.15, -0.1) is 0 Å². The number of anilines is 1. The number of carbonyl (C=O) groups excluding carboxylic acids is 1. The molecule has 0 saturated heterocycles. The van der Waals surface area contributed by atoms with E-state index in [1.54, 1.807) is 0 Å². The molecule has 2 aromatic rings. The van der Waals surface area contributed by atoms with Crippen molar-refractivity contribution in [1.29, 1.82) is 0 Å². The molecule has 0 atom stereocenters. The van der Waals surface area contributed by atoms with E-state index in [4.69, 9.17) is 5.11 Å². The SMILES string of the molecule is O=C=Nc1ccc(C(c2ccc(NCO)cc2)(C(F)(F)F)C(F)(F)F)cc1. The van der Waals surface area contributed by atoms with Crippen LogP contribution in [0.3, 0.4) is 0 Å². The van der Waals surface area contributed by atoms with Gasteiger partial charge in [-0.1, -0.05) is 24.3 Å². The Bertz CT molecular complexity index is 808. The fourth-order valence-electron chi connectivity index (χ4n) is 2.75. The first-order valence-corrected chi connectivity index (χ1v) is 7.35. The summed E-state index contributed by atoms with van der Waals surface area (Å²) in [5.41, 5.74) is -6.39. The standard InChI is InChI=1S/C17H12F6N2O2/c18-16(19,20)15(17(21,22)23,11-1-5-13(6-2-11)24-9-26)12-3-7-14(8-4-12)25-10-27/h1-8,24,26H,9H2. The zero-order valence-corrected chi connectivity index (χ0v) is 13.4. The Morgan fingerprint density at radius 1 is 0.852 bits per heavy atom. The Morgan fingerprint density at radius 2 is 1.30 bits per heavy atom. The molecule has 10 heteroatoms. The van der Waals surface area contributed by atoms with Gasteiger partial charge in [0.25, 0.3) is 0 Å². The Kier molecular flexibility index (Phi) is 5.62. The minimum absolute atomic E-state index is 0.130. The molecule has 0 saturated carbocycles. The van der Waals surface area contributed by atoms with Crippen LogP contribution < -0.4 is 5.32 Å². The molecule has 2 N–H and O–H groups in total. The fourth-order valence-corrected chi connectivity index (χ4v) is 2.75. The summed E-state index contributed by atoms with van der Waals surface area (Å²) in [6.45, 7) is -0.540. The third-order valence-corrected chi connectivity index (χ3v) is 3.93. The van der Waals surface area contributed by atoms with Crippen molar-refractivity contribution in [2.24, 2.45) is 4.99 Å². The largest absolute Gasteiger partial charge is 0.411 e. The quantitative estimate of drug-likeness (QED) is 0.344. The maximum absolute atomic E-state index is 13.9. The number of aliphatic hydroxyl groups is 1. The van der Waals surface area contributed by atoms with E-state index in [1.807, 2.05) is 0 Å². The maximum Gasteiger partial charge on any atom is 0.411 e. The molecule has 0 aliphatic rings. The van der Waals surface area contributed by atoms with Gasteiger partial charge in [-0.05, 0) is 35.4 Å². The van der Waals surface area contributed by atoms with Crippen LogP contribution in [0.25, 0.3) is 0 Å². The van der Waals surface area contributed by atoms with Gasteiger partial charge >= 0.3 is 12.4 Å². The summed E-state index contributed by atoms with van der Waals surface area (Å²) >= 11 is 0. The van der Waals surface area contributed by atoms with E-state index in [9.17, 15) is 31.1 Å². The molecule has 2 rings (SSSR count). The topological polar surface area (TPSA) is 61.7 Å². The van der Waals surface area contributed by atoms with Crippen molar-refractivity contribution < 1.29 is 36.2 Å². The van der Waals surface area contributed by atoms with Crippen molar-refractivity contribution in [2.75, 3.05) is 12.0 Å². The summed E-state index contributed by atoms with van der Waals surface area (Å²) in [5, 5.41) is 11.1. The molecule has 0 heterocycles. The highest BCUT2D eigenvalue weighted by Gasteiger charge is 2.72. The minimum Gasteiger partial charge on any atom is -0.377 e. The molecule has 4 nitrogen and oxygen atoms in total. The van der Waals surface area contributed by atoms with Crippen LogP contribution in [-0.4, -0.2) is 30.3 Å². The van der Waals surface area contributed by atoms with Gasteiger partial charge in [-0.3, -0.25) is 0 Å². The third kappa shape index (κ3) is 3.67. The summed E-state index contributed by atoms with van der Waals surface area (Å²) < 4.78 is 83.3. The molecule has 0 aliphatic heterocycles. The molecular formula is C17H12F6N2O2. The lowest BCUT2D eigenvalue weighted by molar-refractivity contribution is -0.288. The number of benzene rings is 2. The molecule has 144 valence electrons. The van der Waals surface area contributed by atoms with E-state index >= 15 is 0 Å². The number of nitrogens with zero attached hydrogens (tertiary/aromatic N) is 1. The van der Waals surface area contributed by atoms with E-state index in [-0.39, 0.29) is 11.4 Å². The average molecular weight is 390 g/mol. The number of aliphatic imine (C=N–C) groups is 1. The van der Waals surface area contributed by atoms with Crippen molar-refractivity contribution in [1.82, 2.24) is 0 Å². The van der Waals surface area contributed by atoms with Crippen LogP contribution in [0, 0.1) is 0 Å². The Labute approximate surface area is 149 Å². The zero-order chi connectivity index (χ0) is 20.3. The highest BCUT2D eigenvalue weighted by atomic mass is 19.4. The molecule has 0 radical (unpaired) electrons. The fraction of sp³-hybridized carbons (Fsp3) is 0.235.